The van der Waals surface area contributed by atoms with Gasteiger partial charge in [0.15, 0.2) is 10.7 Å². The van der Waals surface area contributed by atoms with Gasteiger partial charge < -0.3 is 19.2 Å². The number of fused-ring (bicyclic) bond motifs is 1. The monoisotopic (exact) mass is 319 g/mol. The lowest BCUT2D eigenvalue weighted by molar-refractivity contribution is -0.392. The highest BCUT2D eigenvalue weighted by atomic mass is 32.2. The quantitative estimate of drug-likeness (QED) is 0.412. The van der Waals surface area contributed by atoms with Crippen molar-refractivity contribution < 1.29 is 4.92 Å². The Hall–Kier alpha value is -2.49. The Morgan fingerprint density at radius 3 is 2.68 bits per heavy atom. The number of rotatable bonds is 4. The Morgan fingerprint density at radius 1 is 1.23 bits per heavy atom. The molecule has 0 saturated carbocycles. The molecule has 0 amide bonds. The minimum absolute atomic E-state index is 0.192. The van der Waals surface area contributed by atoms with Crippen LogP contribution < -0.4 is 0 Å². The molecule has 3 heterocycles. The van der Waals surface area contributed by atoms with Gasteiger partial charge >= 0.3 is 5.82 Å². The molecule has 0 bridgehead atoms. The van der Waals surface area contributed by atoms with Gasteiger partial charge in [-0.2, -0.15) is 0 Å². The van der Waals surface area contributed by atoms with Crippen LogP contribution in [0.1, 0.15) is 19.9 Å². The van der Waals surface area contributed by atoms with Crippen molar-refractivity contribution in [3.63, 3.8) is 0 Å². The summed E-state index contributed by atoms with van der Waals surface area (Å²) >= 11 is 1.16. The van der Waals surface area contributed by atoms with Crippen molar-refractivity contribution in [3.8, 4) is 0 Å². The molecule has 0 saturated heterocycles. The summed E-state index contributed by atoms with van der Waals surface area (Å²) < 4.78 is 3.52. The SMILES string of the molecule is CC(C)n1cnc2c(Sc3c([N+](=O)[O-])ncn3C)ncnc21. The Labute approximate surface area is 129 Å². The van der Waals surface area contributed by atoms with Crippen LogP contribution in [0.4, 0.5) is 5.82 Å². The molecule has 3 aromatic heterocycles. The zero-order chi connectivity index (χ0) is 15.9. The van der Waals surface area contributed by atoms with E-state index in [0.29, 0.717) is 21.2 Å². The van der Waals surface area contributed by atoms with Crippen molar-refractivity contribution in [2.75, 3.05) is 0 Å². The van der Waals surface area contributed by atoms with Crippen molar-refractivity contribution >= 4 is 28.7 Å². The summed E-state index contributed by atoms with van der Waals surface area (Å²) in [5.74, 6) is -0.192. The van der Waals surface area contributed by atoms with Gasteiger partial charge in [-0.15, -0.1) is 0 Å². The average Bonchev–Trinajstić information content (AvgIpc) is 3.04. The topological polar surface area (TPSA) is 105 Å². The molecule has 0 aliphatic rings. The third kappa shape index (κ3) is 2.30. The molecule has 0 fully saturated rings. The number of hydrogen-bond acceptors (Lipinski definition) is 7. The van der Waals surface area contributed by atoms with Gasteiger partial charge in [0, 0.05) is 13.1 Å². The van der Waals surface area contributed by atoms with Gasteiger partial charge in [0.25, 0.3) is 0 Å². The van der Waals surface area contributed by atoms with E-state index in [9.17, 15) is 10.1 Å². The van der Waals surface area contributed by atoms with E-state index in [1.807, 2.05) is 18.4 Å². The van der Waals surface area contributed by atoms with Crippen molar-refractivity contribution in [1.29, 1.82) is 0 Å². The predicted molar refractivity (Wildman–Crippen MR) is 79.7 cm³/mol. The summed E-state index contributed by atoms with van der Waals surface area (Å²) in [6.07, 6.45) is 4.55. The molecule has 3 aromatic rings. The Balaban J connectivity index is 2.09. The Kier molecular flexibility index (Phi) is 3.53. The molecule has 0 spiro atoms. The van der Waals surface area contributed by atoms with Crippen molar-refractivity contribution in [1.82, 2.24) is 29.1 Å². The van der Waals surface area contributed by atoms with E-state index < -0.39 is 4.92 Å². The van der Waals surface area contributed by atoms with E-state index in [-0.39, 0.29) is 11.9 Å². The van der Waals surface area contributed by atoms with Crippen LogP contribution in [-0.4, -0.2) is 34.0 Å². The second-order valence-corrected chi connectivity index (χ2v) is 5.92. The lowest BCUT2D eigenvalue weighted by Gasteiger charge is -2.07. The fraction of sp³-hybridized carbons (Fsp3) is 0.333. The predicted octanol–water partition coefficient (Wildman–Crippen LogP) is 2.20. The molecule has 22 heavy (non-hydrogen) atoms. The van der Waals surface area contributed by atoms with E-state index in [0.717, 1.165) is 11.8 Å². The molecule has 0 aromatic carbocycles. The second kappa shape index (κ2) is 5.37. The molecular weight excluding hydrogens is 306 g/mol. The number of imidazole rings is 2. The lowest BCUT2D eigenvalue weighted by Crippen LogP contribution is -2.00. The zero-order valence-corrected chi connectivity index (χ0v) is 13.0. The first-order chi connectivity index (χ1) is 10.5. The van der Waals surface area contributed by atoms with Crippen LogP contribution in [0.2, 0.25) is 0 Å². The van der Waals surface area contributed by atoms with E-state index in [1.54, 1.807) is 17.9 Å². The summed E-state index contributed by atoms with van der Waals surface area (Å²) in [4.78, 5) is 27.1. The first-order valence-electron chi connectivity index (χ1n) is 6.50. The molecule has 0 atom stereocenters. The van der Waals surface area contributed by atoms with E-state index in [2.05, 4.69) is 19.9 Å². The third-order valence-electron chi connectivity index (χ3n) is 3.11. The normalized spacial score (nSPS) is 11.5. The highest BCUT2D eigenvalue weighted by Crippen LogP contribution is 2.35. The molecule has 0 aliphatic carbocycles. The maximum atomic E-state index is 11.0. The Morgan fingerprint density at radius 2 is 2.00 bits per heavy atom. The van der Waals surface area contributed by atoms with Gasteiger partial charge in [0.2, 0.25) is 6.33 Å². The van der Waals surface area contributed by atoms with Crippen LogP contribution >= 0.6 is 11.8 Å². The van der Waals surface area contributed by atoms with Gasteiger partial charge in [0.05, 0.1) is 6.33 Å². The minimum Gasteiger partial charge on any atom is -0.358 e. The summed E-state index contributed by atoms with van der Waals surface area (Å²) in [5, 5.41) is 12.0. The molecule has 10 heteroatoms. The lowest BCUT2D eigenvalue weighted by atomic mass is 10.4. The molecule has 114 valence electrons. The fourth-order valence-electron chi connectivity index (χ4n) is 2.02. The molecular formula is C12H13N7O2S. The minimum atomic E-state index is -0.507. The fourth-order valence-corrected chi connectivity index (χ4v) is 2.96. The van der Waals surface area contributed by atoms with Crippen molar-refractivity contribution in [2.24, 2.45) is 7.05 Å². The van der Waals surface area contributed by atoms with Gasteiger partial charge in [-0.3, -0.25) is 0 Å². The highest BCUT2D eigenvalue weighted by molar-refractivity contribution is 7.99. The second-order valence-electron chi connectivity index (χ2n) is 4.94. The van der Waals surface area contributed by atoms with E-state index in [4.69, 9.17) is 0 Å². The van der Waals surface area contributed by atoms with E-state index >= 15 is 0 Å². The first kappa shape index (κ1) is 14.4. The van der Waals surface area contributed by atoms with Crippen LogP contribution in [-0.2, 0) is 7.05 Å². The highest BCUT2D eigenvalue weighted by Gasteiger charge is 2.23. The summed E-state index contributed by atoms with van der Waals surface area (Å²) in [5.41, 5.74) is 1.33. The summed E-state index contributed by atoms with van der Waals surface area (Å²) in [7, 11) is 1.70. The van der Waals surface area contributed by atoms with Crippen LogP contribution in [0, 0.1) is 10.1 Å². The zero-order valence-electron chi connectivity index (χ0n) is 12.2. The van der Waals surface area contributed by atoms with Crippen molar-refractivity contribution in [2.45, 2.75) is 29.9 Å². The van der Waals surface area contributed by atoms with Gasteiger partial charge in [0.1, 0.15) is 16.9 Å². The smallest absolute Gasteiger partial charge is 0.358 e. The number of nitrogens with zero attached hydrogens (tertiary/aromatic N) is 7. The molecule has 0 radical (unpaired) electrons. The standard InChI is InChI=1S/C12H13N7O2S/c1-7(2)18-6-15-8-9(18)13-4-14-11(8)22-12-10(19(20)21)16-5-17(12)3/h4-7H,1-3H3. The van der Waals surface area contributed by atoms with Crippen LogP contribution in [0.3, 0.4) is 0 Å². The van der Waals surface area contributed by atoms with Crippen LogP contribution in [0.15, 0.2) is 29.0 Å². The van der Waals surface area contributed by atoms with Crippen molar-refractivity contribution in [3.05, 3.63) is 29.1 Å². The largest absolute Gasteiger partial charge is 0.396 e. The van der Waals surface area contributed by atoms with Crippen LogP contribution in [0.25, 0.3) is 11.2 Å². The number of aryl methyl sites for hydroxylation is 1. The number of hydrogen-bond donors (Lipinski definition) is 0. The van der Waals surface area contributed by atoms with Gasteiger partial charge in [-0.1, -0.05) is 0 Å². The maximum Gasteiger partial charge on any atom is 0.396 e. The third-order valence-corrected chi connectivity index (χ3v) is 4.27. The van der Waals surface area contributed by atoms with E-state index in [1.165, 1.54) is 12.7 Å². The van der Waals surface area contributed by atoms with Crippen LogP contribution in [0.5, 0.6) is 0 Å². The molecule has 0 aliphatic heterocycles. The molecule has 0 unspecified atom stereocenters. The van der Waals surface area contributed by atoms with Gasteiger partial charge in [-0.05, 0) is 35.5 Å². The number of nitro groups is 1. The molecule has 3 rings (SSSR count). The van der Waals surface area contributed by atoms with Gasteiger partial charge in [-0.25, -0.2) is 15.0 Å². The number of aromatic nitrogens is 6. The summed E-state index contributed by atoms with van der Waals surface area (Å²) in [6.45, 7) is 4.06. The average molecular weight is 319 g/mol. The Bertz CT molecular complexity index is 854. The first-order valence-corrected chi connectivity index (χ1v) is 7.31. The maximum absolute atomic E-state index is 11.0. The molecule has 9 nitrogen and oxygen atoms in total. The molecule has 0 N–H and O–H groups in total. The summed E-state index contributed by atoms with van der Waals surface area (Å²) in [6, 6.07) is 0.212.